The van der Waals surface area contributed by atoms with Crippen LogP contribution in [0.5, 0.6) is 5.75 Å². The van der Waals surface area contributed by atoms with Crippen LogP contribution in [0.1, 0.15) is 33.1 Å². The zero-order valence-corrected chi connectivity index (χ0v) is 11.8. The number of carbonyl (C=O) groups excluding carboxylic acids is 1. The van der Waals surface area contributed by atoms with Crippen LogP contribution >= 0.6 is 0 Å². The van der Waals surface area contributed by atoms with Crippen molar-refractivity contribution < 1.29 is 9.53 Å². The Morgan fingerprint density at radius 2 is 2.16 bits per heavy atom. The molecule has 0 aromatic heterocycles. The van der Waals surface area contributed by atoms with E-state index in [4.69, 9.17) is 4.74 Å². The van der Waals surface area contributed by atoms with Gasteiger partial charge in [-0.1, -0.05) is 6.92 Å². The summed E-state index contributed by atoms with van der Waals surface area (Å²) in [5.74, 6) is 1.49. The largest absolute Gasteiger partial charge is 0.495 e. The molecule has 1 aliphatic carbocycles. The molecule has 0 spiro atoms. The summed E-state index contributed by atoms with van der Waals surface area (Å²) in [7, 11) is 1.65. The Labute approximate surface area is 114 Å². The predicted molar refractivity (Wildman–Crippen MR) is 77.7 cm³/mol. The van der Waals surface area contributed by atoms with Gasteiger partial charge >= 0.3 is 0 Å². The lowest BCUT2D eigenvalue weighted by Crippen LogP contribution is -2.16. The maximum Gasteiger partial charge on any atom is 0.221 e. The van der Waals surface area contributed by atoms with Gasteiger partial charge in [0.1, 0.15) is 5.75 Å². The fraction of sp³-hybridized carbons (Fsp3) is 0.533. The molecule has 2 rings (SSSR count). The molecule has 4 nitrogen and oxygen atoms in total. The Morgan fingerprint density at radius 1 is 1.37 bits per heavy atom. The molecule has 104 valence electrons. The highest BCUT2D eigenvalue weighted by atomic mass is 16.5. The predicted octanol–water partition coefficient (Wildman–Crippen LogP) is 3.25. The van der Waals surface area contributed by atoms with E-state index in [1.165, 1.54) is 26.2 Å². The second-order valence-electron chi connectivity index (χ2n) is 5.36. The normalized spacial score (nSPS) is 22.1. The average molecular weight is 262 g/mol. The van der Waals surface area contributed by atoms with E-state index in [0.717, 1.165) is 23.0 Å². The summed E-state index contributed by atoms with van der Waals surface area (Å²) in [6, 6.07) is 6.23. The monoisotopic (exact) mass is 262 g/mol. The highest BCUT2D eigenvalue weighted by Gasteiger charge is 2.21. The summed E-state index contributed by atoms with van der Waals surface area (Å²) >= 11 is 0. The number of anilines is 2. The maximum atomic E-state index is 11.0. The summed E-state index contributed by atoms with van der Waals surface area (Å²) in [4.78, 5) is 11.0. The fourth-order valence-electron chi connectivity index (χ4n) is 2.65. The van der Waals surface area contributed by atoms with Crippen molar-refractivity contribution in [3.8, 4) is 5.75 Å². The van der Waals surface area contributed by atoms with Gasteiger partial charge in [-0.05, 0) is 37.3 Å². The van der Waals surface area contributed by atoms with Crippen molar-refractivity contribution >= 4 is 17.3 Å². The molecule has 2 N–H and O–H groups in total. The van der Waals surface area contributed by atoms with Crippen LogP contribution < -0.4 is 15.4 Å². The van der Waals surface area contributed by atoms with E-state index >= 15 is 0 Å². The van der Waals surface area contributed by atoms with Crippen LogP contribution in [0.15, 0.2) is 18.2 Å². The number of carbonyl (C=O) groups is 1. The van der Waals surface area contributed by atoms with Crippen LogP contribution in [0.25, 0.3) is 0 Å². The second-order valence-corrected chi connectivity index (χ2v) is 5.36. The first-order chi connectivity index (χ1) is 9.08. The van der Waals surface area contributed by atoms with Crippen molar-refractivity contribution in [3.63, 3.8) is 0 Å². The van der Waals surface area contributed by atoms with E-state index in [0.29, 0.717) is 6.04 Å². The Balaban J connectivity index is 2.09. The van der Waals surface area contributed by atoms with Crippen molar-refractivity contribution in [2.24, 2.45) is 5.92 Å². The number of amides is 1. The summed E-state index contributed by atoms with van der Waals surface area (Å²) in [6.45, 7) is 3.79. The summed E-state index contributed by atoms with van der Waals surface area (Å²) in [6.07, 6.45) is 3.69. The Bertz CT molecular complexity index is 459. The minimum Gasteiger partial charge on any atom is -0.495 e. The van der Waals surface area contributed by atoms with Crippen molar-refractivity contribution in [2.75, 3.05) is 17.7 Å². The van der Waals surface area contributed by atoms with Gasteiger partial charge in [0, 0.05) is 24.7 Å². The number of hydrogen-bond acceptors (Lipinski definition) is 3. The van der Waals surface area contributed by atoms with E-state index in [9.17, 15) is 4.79 Å². The molecule has 0 unspecified atom stereocenters. The molecule has 4 heteroatoms. The molecule has 2 atom stereocenters. The molecule has 0 heterocycles. The molecule has 1 amide bonds. The SMILES string of the molecule is COc1cc(NC(C)=O)ccc1N[C@H]1CC[C@@H](C)C1. The van der Waals surface area contributed by atoms with Gasteiger partial charge in [-0.3, -0.25) is 4.79 Å². The molecular weight excluding hydrogens is 240 g/mol. The summed E-state index contributed by atoms with van der Waals surface area (Å²) in [5, 5.41) is 6.29. The molecule has 0 aliphatic heterocycles. The number of ether oxygens (including phenoxy) is 1. The first kappa shape index (κ1) is 13.7. The zero-order valence-electron chi connectivity index (χ0n) is 11.8. The molecule has 1 aromatic rings. The number of nitrogens with one attached hydrogen (secondary N) is 2. The number of benzene rings is 1. The molecule has 19 heavy (non-hydrogen) atoms. The van der Waals surface area contributed by atoms with E-state index in [-0.39, 0.29) is 5.91 Å². The molecule has 1 fully saturated rings. The van der Waals surface area contributed by atoms with E-state index in [2.05, 4.69) is 17.6 Å². The lowest BCUT2D eigenvalue weighted by atomic mass is 10.1. The Hall–Kier alpha value is -1.71. The van der Waals surface area contributed by atoms with Gasteiger partial charge in [-0.2, -0.15) is 0 Å². The molecule has 1 aliphatic rings. The van der Waals surface area contributed by atoms with Crippen molar-refractivity contribution in [3.05, 3.63) is 18.2 Å². The van der Waals surface area contributed by atoms with Gasteiger partial charge in [0.15, 0.2) is 0 Å². The molecule has 0 bridgehead atoms. The zero-order chi connectivity index (χ0) is 13.8. The highest BCUT2D eigenvalue weighted by Crippen LogP contribution is 2.33. The van der Waals surface area contributed by atoms with Gasteiger partial charge in [-0.15, -0.1) is 0 Å². The molecule has 0 radical (unpaired) electrons. The quantitative estimate of drug-likeness (QED) is 0.875. The Morgan fingerprint density at radius 3 is 2.74 bits per heavy atom. The molecule has 0 saturated heterocycles. The lowest BCUT2D eigenvalue weighted by molar-refractivity contribution is -0.114. The third-order valence-corrected chi connectivity index (χ3v) is 3.58. The maximum absolute atomic E-state index is 11.0. The molecular formula is C15H22N2O2. The topological polar surface area (TPSA) is 50.4 Å². The van der Waals surface area contributed by atoms with E-state index in [1.54, 1.807) is 7.11 Å². The third-order valence-electron chi connectivity index (χ3n) is 3.58. The smallest absolute Gasteiger partial charge is 0.221 e. The molecule has 1 saturated carbocycles. The van der Waals surface area contributed by atoms with Gasteiger partial charge in [-0.25, -0.2) is 0 Å². The van der Waals surface area contributed by atoms with Crippen molar-refractivity contribution in [1.29, 1.82) is 0 Å². The van der Waals surface area contributed by atoms with Crippen LogP contribution in [0.2, 0.25) is 0 Å². The summed E-state index contributed by atoms with van der Waals surface area (Å²) in [5.41, 5.74) is 1.75. The number of rotatable bonds is 4. The number of methoxy groups -OCH3 is 1. The van der Waals surface area contributed by atoms with Crippen LogP contribution in [-0.4, -0.2) is 19.1 Å². The first-order valence-corrected chi connectivity index (χ1v) is 6.80. The van der Waals surface area contributed by atoms with Gasteiger partial charge in [0.2, 0.25) is 5.91 Å². The van der Waals surface area contributed by atoms with Crippen molar-refractivity contribution in [1.82, 2.24) is 0 Å². The second kappa shape index (κ2) is 5.95. The minimum atomic E-state index is -0.0765. The van der Waals surface area contributed by atoms with Crippen LogP contribution in [0, 0.1) is 5.92 Å². The van der Waals surface area contributed by atoms with E-state index < -0.39 is 0 Å². The lowest BCUT2D eigenvalue weighted by Gasteiger charge is -2.17. The highest BCUT2D eigenvalue weighted by molar-refractivity contribution is 5.89. The van der Waals surface area contributed by atoms with Crippen LogP contribution in [-0.2, 0) is 4.79 Å². The van der Waals surface area contributed by atoms with Gasteiger partial charge < -0.3 is 15.4 Å². The number of hydrogen-bond donors (Lipinski definition) is 2. The average Bonchev–Trinajstić information content (AvgIpc) is 2.76. The third kappa shape index (κ3) is 3.63. The first-order valence-electron chi connectivity index (χ1n) is 6.80. The van der Waals surface area contributed by atoms with E-state index in [1.807, 2.05) is 18.2 Å². The molecule has 1 aromatic carbocycles. The summed E-state index contributed by atoms with van der Waals surface area (Å²) < 4.78 is 5.39. The van der Waals surface area contributed by atoms with Crippen molar-refractivity contribution in [2.45, 2.75) is 39.2 Å². The van der Waals surface area contributed by atoms with Crippen LogP contribution in [0.4, 0.5) is 11.4 Å². The van der Waals surface area contributed by atoms with Crippen LogP contribution in [0.3, 0.4) is 0 Å². The van der Waals surface area contributed by atoms with Gasteiger partial charge in [0.25, 0.3) is 0 Å². The standard InChI is InChI=1S/C15H22N2O2/c1-10-4-5-12(8-10)17-14-7-6-13(16-11(2)18)9-15(14)19-3/h6-7,9-10,12,17H,4-5,8H2,1-3H3,(H,16,18)/t10-,12+/m1/s1. The fourth-order valence-corrected chi connectivity index (χ4v) is 2.65. The van der Waals surface area contributed by atoms with Gasteiger partial charge in [0.05, 0.1) is 12.8 Å². The minimum absolute atomic E-state index is 0.0765. The Kier molecular flexibility index (Phi) is 4.30.